The maximum absolute atomic E-state index is 12.7. The van der Waals surface area contributed by atoms with Crippen LogP contribution < -0.4 is 0 Å². The molecule has 1 aliphatic heterocycles. The number of carbonyl (C=O) groups is 1. The molecule has 1 amide bonds. The van der Waals surface area contributed by atoms with Crippen molar-refractivity contribution in [2.75, 3.05) is 19.7 Å². The van der Waals surface area contributed by atoms with E-state index in [9.17, 15) is 4.79 Å². The molecule has 1 fully saturated rings. The number of halogens is 1. The van der Waals surface area contributed by atoms with E-state index in [1.54, 1.807) is 12.1 Å². The predicted molar refractivity (Wildman–Crippen MR) is 89.8 cm³/mol. The highest BCUT2D eigenvalue weighted by Crippen LogP contribution is 2.17. The second-order valence-corrected chi connectivity index (χ2v) is 6.14. The SMILES string of the molecule is Cc1cc(C(=O)N2CCOC(Cc3ccccc3)C2)cc(Cl)n1. The third-order valence-corrected chi connectivity index (χ3v) is 4.09. The second-order valence-electron chi connectivity index (χ2n) is 5.75. The molecule has 1 saturated heterocycles. The van der Waals surface area contributed by atoms with Crippen molar-refractivity contribution in [1.82, 2.24) is 9.88 Å². The van der Waals surface area contributed by atoms with E-state index in [1.807, 2.05) is 30.0 Å². The summed E-state index contributed by atoms with van der Waals surface area (Å²) in [4.78, 5) is 18.6. The largest absolute Gasteiger partial charge is 0.374 e. The summed E-state index contributed by atoms with van der Waals surface area (Å²) in [5.74, 6) is -0.0150. The van der Waals surface area contributed by atoms with Crippen molar-refractivity contribution in [3.05, 3.63) is 64.4 Å². The quantitative estimate of drug-likeness (QED) is 0.812. The first-order valence-corrected chi connectivity index (χ1v) is 8.08. The number of ether oxygens (including phenoxy) is 1. The zero-order valence-corrected chi connectivity index (χ0v) is 13.8. The van der Waals surface area contributed by atoms with Gasteiger partial charge in [-0.05, 0) is 24.6 Å². The van der Waals surface area contributed by atoms with Crippen molar-refractivity contribution in [2.45, 2.75) is 19.4 Å². The Morgan fingerprint density at radius 2 is 2.13 bits per heavy atom. The first-order chi connectivity index (χ1) is 11.1. The van der Waals surface area contributed by atoms with Gasteiger partial charge in [0.25, 0.3) is 5.91 Å². The van der Waals surface area contributed by atoms with Crippen LogP contribution in [0.4, 0.5) is 0 Å². The predicted octanol–water partition coefficient (Wildman–Crippen LogP) is 3.13. The minimum Gasteiger partial charge on any atom is -0.374 e. The average Bonchev–Trinajstić information content (AvgIpc) is 2.54. The maximum atomic E-state index is 12.7. The molecule has 1 aromatic carbocycles. The molecule has 0 bridgehead atoms. The van der Waals surface area contributed by atoms with Crippen molar-refractivity contribution in [2.24, 2.45) is 0 Å². The fourth-order valence-electron chi connectivity index (χ4n) is 2.84. The van der Waals surface area contributed by atoms with Crippen molar-refractivity contribution in [3.8, 4) is 0 Å². The van der Waals surface area contributed by atoms with Crippen molar-refractivity contribution in [1.29, 1.82) is 0 Å². The molecule has 4 nitrogen and oxygen atoms in total. The molecule has 1 unspecified atom stereocenters. The van der Waals surface area contributed by atoms with Crippen LogP contribution in [-0.2, 0) is 11.2 Å². The summed E-state index contributed by atoms with van der Waals surface area (Å²) in [6, 6.07) is 13.6. The number of aromatic nitrogens is 1. The molecule has 23 heavy (non-hydrogen) atoms. The van der Waals surface area contributed by atoms with Crippen LogP contribution in [0.3, 0.4) is 0 Å². The molecule has 0 N–H and O–H groups in total. The molecule has 2 heterocycles. The molecule has 1 aromatic heterocycles. The van der Waals surface area contributed by atoms with Crippen LogP contribution in [0.15, 0.2) is 42.5 Å². The summed E-state index contributed by atoms with van der Waals surface area (Å²) in [6.45, 7) is 3.58. The fraction of sp³-hybridized carbons (Fsp3) is 0.333. The number of hydrogen-bond donors (Lipinski definition) is 0. The lowest BCUT2D eigenvalue weighted by atomic mass is 10.1. The average molecular weight is 331 g/mol. The van der Waals surface area contributed by atoms with Crippen molar-refractivity contribution < 1.29 is 9.53 Å². The van der Waals surface area contributed by atoms with Gasteiger partial charge in [-0.25, -0.2) is 4.98 Å². The van der Waals surface area contributed by atoms with Crippen LogP contribution in [0, 0.1) is 6.92 Å². The van der Waals surface area contributed by atoms with Gasteiger partial charge in [0.2, 0.25) is 0 Å². The Kier molecular flexibility index (Phi) is 4.94. The third-order valence-electron chi connectivity index (χ3n) is 3.90. The van der Waals surface area contributed by atoms with Gasteiger partial charge in [0.1, 0.15) is 5.15 Å². The van der Waals surface area contributed by atoms with E-state index < -0.39 is 0 Å². The van der Waals surface area contributed by atoms with Crippen LogP contribution >= 0.6 is 11.6 Å². The molecule has 1 atom stereocenters. The number of hydrogen-bond acceptors (Lipinski definition) is 3. The highest BCUT2D eigenvalue weighted by Gasteiger charge is 2.25. The Hall–Kier alpha value is -1.91. The van der Waals surface area contributed by atoms with Crippen LogP contribution in [0.25, 0.3) is 0 Å². The standard InChI is InChI=1S/C18H19ClN2O2/c1-13-9-15(11-17(19)20-13)18(22)21-7-8-23-16(12-21)10-14-5-3-2-4-6-14/h2-6,9,11,16H,7-8,10,12H2,1H3. The van der Waals surface area contributed by atoms with Gasteiger partial charge in [-0.1, -0.05) is 41.9 Å². The summed E-state index contributed by atoms with van der Waals surface area (Å²) in [6.07, 6.45) is 0.828. The van der Waals surface area contributed by atoms with Gasteiger partial charge in [-0.2, -0.15) is 0 Å². The van der Waals surface area contributed by atoms with Gasteiger partial charge in [0.05, 0.1) is 12.7 Å². The van der Waals surface area contributed by atoms with E-state index in [0.29, 0.717) is 30.4 Å². The van der Waals surface area contributed by atoms with Crippen molar-refractivity contribution >= 4 is 17.5 Å². The minimum atomic E-state index is -0.0150. The highest BCUT2D eigenvalue weighted by atomic mass is 35.5. The highest BCUT2D eigenvalue weighted by molar-refractivity contribution is 6.29. The number of aryl methyl sites for hydroxylation is 1. The van der Waals surface area contributed by atoms with Gasteiger partial charge < -0.3 is 9.64 Å². The van der Waals surface area contributed by atoms with E-state index in [0.717, 1.165) is 12.1 Å². The first-order valence-electron chi connectivity index (χ1n) is 7.71. The van der Waals surface area contributed by atoms with E-state index in [4.69, 9.17) is 16.3 Å². The molecule has 3 rings (SSSR count). The van der Waals surface area contributed by atoms with Gasteiger partial charge in [-0.3, -0.25) is 4.79 Å². The molecular formula is C18H19ClN2O2. The Morgan fingerprint density at radius 3 is 2.87 bits per heavy atom. The molecule has 1 aliphatic rings. The second kappa shape index (κ2) is 7.11. The molecule has 0 aliphatic carbocycles. The smallest absolute Gasteiger partial charge is 0.254 e. The lowest BCUT2D eigenvalue weighted by molar-refractivity contribution is -0.0208. The minimum absolute atomic E-state index is 0.0150. The Bertz CT molecular complexity index is 670. The number of morpholine rings is 1. The topological polar surface area (TPSA) is 42.4 Å². The zero-order chi connectivity index (χ0) is 16.2. The third kappa shape index (κ3) is 4.09. The lowest BCUT2D eigenvalue weighted by Crippen LogP contribution is -2.46. The van der Waals surface area contributed by atoms with Crippen LogP contribution in [-0.4, -0.2) is 41.6 Å². The van der Waals surface area contributed by atoms with Gasteiger partial charge in [-0.15, -0.1) is 0 Å². The number of amides is 1. The molecule has 120 valence electrons. The first kappa shape index (κ1) is 16.0. The number of pyridine rings is 1. The molecule has 5 heteroatoms. The van der Waals surface area contributed by atoms with Crippen LogP contribution in [0.1, 0.15) is 21.6 Å². The Balaban J connectivity index is 1.69. The normalized spacial score (nSPS) is 18.0. The zero-order valence-electron chi connectivity index (χ0n) is 13.0. The fourth-order valence-corrected chi connectivity index (χ4v) is 3.09. The molecule has 0 spiro atoms. The Morgan fingerprint density at radius 1 is 1.35 bits per heavy atom. The molecular weight excluding hydrogens is 312 g/mol. The van der Waals surface area contributed by atoms with E-state index >= 15 is 0 Å². The van der Waals surface area contributed by atoms with E-state index in [-0.39, 0.29) is 12.0 Å². The van der Waals surface area contributed by atoms with Crippen LogP contribution in [0.2, 0.25) is 5.15 Å². The molecule has 2 aromatic rings. The lowest BCUT2D eigenvalue weighted by Gasteiger charge is -2.33. The Labute approximate surface area is 141 Å². The molecule has 0 saturated carbocycles. The summed E-state index contributed by atoms with van der Waals surface area (Å²) in [5.41, 5.74) is 2.55. The summed E-state index contributed by atoms with van der Waals surface area (Å²) < 4.78 is 5.81. The van der Waals surface area contributed by atoms with E-state index in [2.05, 4.69) is 17.1 Å². The molecule has 0 radical (unpaired) electrons. The monoisotopic (exact) mass is 330 g/mol. The van der Waals surface area contributed by atoms with Crippen molar-refractivity contribution in [3.63, 3.8) is 0 Å². The van der Waals surface area contributed by atoms with Gasteiger partial charge in [0.15, 0.2) is 0 Å². The van der Waals surface area contributed by atoms with Gasteiger partial charge in [0, 0.05) is 30.8 Å². The summed E-state index contributed by atoms with van der Waals surface area (Å²) >= 11 is 5.96. The number of benzene rings is 1. The van der Waals surface area contributed by atoms with Crippen LogP contribution in [0.5, 0.6) is 0 Å². The summed E-state index contributed by atoms with van der Waals surface area (Å²) in [7, 11) is 0. The van der Waals surface area contributed by atoms with E-state index in [1.165, 1.54) is 5.56 Å². The number of rotatable bonds is 3. The number of nitrogens with zero attached hydrogens (tertiary/aromatic N) is 2. The van der Waals surface area contributed by atoms with Gasteiger partial charge >= 0.3 is 0 Å². The maximum Gasteiger partial charge on any atom is 0.254 e. The summed E-state index contributed by atoms with van der Waals surface area (Å²) in [5, 5.41) is 0.349. The number of carbonyl (C=O) groups excluding carboxylic acids is 1.